The molecule has 0 atom stereocenters. The average molecular weight is 500 g/mol. The highest BCUT2D eigenvalue weighted by Gasteiger charge is 2.36. The zero-order chi connectivity index (χ0) is 25.8. The van der Waals surface area contributed by atoms with Crippen molar-refractivity contribution < 1.29 is 14.3 Å². The summed E-state index contributed by atoms with van der Waals surface area (Å²) >= 11 is 0. The summed E-state index contributed by atoms with van der Waals surface area (Å²) < 4.78 is 12.1. The summed E-state index contributed by atoms with van der Waals surface area (Å²) in [7, 11) is 0. The zero-order valence-corrected chi connectivity index (χ0v) is 22.0. The molecule has 2 saturated heterocycles. The molecule has 0 N–H and O–H groups in total. The molecular formula is C31H37N3O3. The molecule has 3 aromatic rings. The highest BCUT2D eigenvalue weighted by atomic mass is 16.6. The van der Waals surface area contributed by atoms with Crippen LogP contribution in [0.5, 0.6) is 5.75 Å². The van der Waals surface area contributed by atoms with Crippen LogP contribution in [0.25, 0.3) is 0 Å². The summed E-state index contributed by atoms with van der Waals surface area (Å²) in [5.74, 6) is 1.14. The van der Waals surface area contributed by atoms with Gasteiger partial charge in [-0.05, 0) is 56.9 Å². The lowest BCUT2D eigenvalue weighted by Crippen LogP contribution is -2.55. The van der Waals surface area contributed by atoms with E-state index in [1.165, 1.54) is 11.1 Å². The first-order chi connectivity index (χ1) is 17.9. The number of pyridine rings is 1. The number of rotatable bonds is 6. The van der Waals surface area contributed by atoms with Crippen LogP contribution in [0.3, 0.4) is 0 Å². The van der Waals surface area contributed by atoms with Gasteiger partial charge in [0.25, 0.3) is 0 Å². The molecule has 5 rings (SSSR count). The van der Waals surface area contributed by atoms with Crippen LogP contribution in [0.1, 0.15) is 62.4 Å². The molecule has 1 aromatic heterocycles. The van der Waals surface area contributed by atoms with Crippen molar-refractivity contribution >= 4 is 6.09 Å². The standard InChI is InChI=1S/C31H37N3O3/c1-31(2,3)37-30(35)33-19-16-23(17-20-33)28-27(15-10-18-32-28)36-26-21-34(22-26)29(24-11-6-4-7-12-24)25-13-8-5-9-14-25/h4-15,18,23,26,29H,16-17,19-22H2,1-3H3. The van der Waals surface area contributed by atoms with Gasteiger partial charge in [0, 0.05) is 38.3 Å². The molecule has 0 spiro atoms. The number of likely N-dealkylation sites (tertiary alicyclic amines) is 2. The molecule has 0 saturated carbocycles. The number of amides is 1. The van der Waals surface area contributed by atoms with Crippen LogP contribution in [-0.2, 0) is 4.74 Å². The lowest BCUT2D eigenvalue weighted by atomic mass is 9.92. The number of benzene rings is 2. The largest absolute Gasteiger partial charge is 0.486 e. The Hall–Kier alpha value is -3.38. The molecule has 2 aliphatic heterocycles. The SMILES string of the molecule is CC(C)(C)OC(=O)N1CCC(c2ncccc2OC2CN(C(c3ccccc3)c3ccccc3)C2)CC1. The number of aromatic nitrogens is 1. The zero-order valence-electron chi connectivity index (χ0n) is 22.0. The van der Waals surface area contributed by atoms with Gasteiger partial charge in [-0.3, -0.25) is 9.88 Å². The van der Waals surface area contributed by atoms with Gasteiger partial charge in [0.2, 0.25) is 0 Å². The maximum Gasteiger partial charge on any atom is 0.410 e. The van der Waals surface area contributed by atoms with Gasteiger partial charge >= 0.3 is 6.09 Å². The number of ether oxygens (including phenoxy) is 2. The molecule has 2 aliphatic rings. The monoisotopic (exact) mass is 499 g/mol. The first-order valence-electron chi connectivity index (χ1n) is 13.3. The molecule has 0 aliphatic carbocycles. The lowest BCUT2D eigenvalue weighted by molar-refractivity contribution is -0.000983. The van der Waals surface area contributed by atoms with E-state index in [-0.39, 0.29) is 24.2 Å². The minimum absolute atomic E-state index is 0.125. The Balaban J connectivity index is 1.21. The van der Waals surface area contributed by atoms with E-state index in [0.29, 0.717) is 13.1 Å². The topological polar surface area (TPSA) is 54.9 Å². The van der Waals surface area contributed by atoms with E-state index in [0.717, 1.165) is 37.4 Å². The Morgan fingerprint density at radius 3 is 2.05 bits per heavy atom. The number of carbonyl (C=O) groups excluding carboxylic acids is 1. The van der Waals surface area contributed by atoms with Crippen molar-refractivity contribution in [1.29, 1.82) is 0 Å². The Morgan fingerprint density at radius 1 is 0.892 bits per heavy atom. The molecule has 1 amide bonds. The molecule has 37 heavy (non-hydrogen) atoms. The normalized spacial score (nSPS) is 17.5. The van der Waals surface area contributed by atoms with Crippen LogP contribution in [0.2, 0.25) is 0 Å². The number of nitrogens with zero attached hydrogens (tertiary/aromatic N) is 3. The van der Waals surface area contributed by atoms with Gasteiger partial charge in [0.1, 0.15) is 17.5 Å². The second kappa shape index (κ2) is 10.9. The molecule has 0 unspecified atom stereocenters. The predicted molar refractivity (Wildman–Crippen MR) is 145 cm³/mol. The van der Waals surface area contributed by atoms with E-state index < -0.39 is 5.60 Å². The molecule has 0 bridgehead atoms. The smallest absolute Gasteiger partial charge is 0.410 e. The Labute approximate surface area is 220 Å². The fourth-order valence-electron chi connectivity index (χ4n) is 5.29. The van der Waals surface area contributed by atoms with E-state index >= 15 is 0 Å². The summed E-state index contributed by atoms with van der Waals surface area (Å²) in [6.45, 7) is 8.76. The minimum Gasteiger partial charge on any atom is -0.486 e. The van der Waals surface area contributed by atoms with Crippen molar-refractivity contribution in [1.82, 2.24) is 14.8 Å². The molecular weight excluding hydrogens is 462 g/mol. The predicted octanol–water partition coefficient (Wildman–Crippen LogP) is 6.05. The van der Waals surface area contributed by atoms with Crippen LogP contribution >= 0.6 is 0 Å². The number of piperidine rings is 1. The Bertz CT molecular complexity index is 1130. The van der Waals surface area contributed by atoms with Crippen LogP contribution in [0.4, 0.5) is 4.79 Å². The highest BCUT2D eigenvalue weighted by Crippen LogP contribution is 2.36. The van der Waals surface area contributed by atoms with E-state index in [1.54, 1.807) is 0 Å². The van der Waals surface area contributed by atoms with Gasteiger partial charge in [0.15, 0.2) is 0 Å². The Morgan fingerprint density at radius 2 is 1.49 bits per heavy atom. The number of carbonyl (C=O) groups is 1. The van der Waals surface area contributed by atoms with Gasteiger partial charge in [-0.1, -0.05) is 60.7 Å². The molecule has 6 nitrogen and oxygen atoms in total. The summed E-state index contributed by atoms with van der Waals surface area (Å²) in [5.41, 5.74) is 3.12. The first kappa shape index (κ1) is 25.3. The molecule has 2 fully saturated rings. The summed E-state index contributed by atoms with van der Waals surface area (Å²) in [6.07, 6.45) is 3.45. The number of hydrogen-bond acceptors (Lipinski definition) is 5. The van der Waals surface area contributed by atoms with Gasteiger partial charge in [0.05, 0.1) is 11.7 Å². The maximum atomic E-state index is 12.5. The first-order valence-corrected chi connectivity index (χ1v) is 13.3. The van der Waals surface area contributed by atoms with Crippen LogP contribution in [-0.4, -0.2) is 58.8 Å². The summed E-state index contributed by atoms with van der Waals surface area (Å²) in [5, 5.41) is 0. The second-order valence-corrected chi connectivity index (χ2v) is 11.0. The lowest BCUT2D eigenvalue weighted by Gasteiger charge is -2.44. The minimum atomic E-state index is -0.480. The van der Waals surface area contributed by atoms with Crippen molar-refractivity contribution in [3.8, 4) is 5.75 Å². The van der Waals surface area contributed by atoms with E-state index in [4.69, 9.17) is 14.5 Å². The molecule has 3 heterocycles. The molecule has 0 radical (unpaired) electrons. The van der Waals surface area contributed by atoms with Crippen LogP contribution < -0.4 is 4.74 Å². The molecule has 2 aromatic carbocycles. The van der Waals surface area contributed by atoms with Crippen molar-refractivity contribution in [3.63, 3.8) is 0 Å². The third-order valence-corrected chi connectivity index (χ3v) is 7.10. The van der Waals surface area contributed by atoms with Crippen molar-refractivity contribution in [2.75, 3.05) is 26.2 Å². The van der Waals surface area contributed by atoms with Gasteiger partial charge < -0.3 is 14.4 Å². The van der Waals surface area contributed by atoms with E-state index in [9.17, 15) is 4.79 Å². The quantitative estimate of drug-likeness (QED) is 0.413. The molecule has 6 heteroatoms. The Kier molecular flexibility index (Phi) is 7.47. The van der Waals surface area contributed by atoms with Crippen LogP contribution in [0, 0.1) is 0 Å². The highest BCUT2D eigenvalue weighted by molar-refractivity contribution is 5.68. The summed E-state index contributed by atoms with van der Waals surface area (Å²) in [6, 6.07) is 25.6. The van der Waals surface area contributed by atoms with Gasteiger partial charge in [-0.2, -0.15) is 0 Å². The van der Waals surface area contributed by atoms with Gasteiger partial charge in [-0.25, -0.2) is 4.79 Å². The van der Waals surface area contributed by atoms with Crippen LogP contribution in [0.15, 0.2) is 79.0 Å². The maximum absolute atomic E-state index is 12.5. The summed E-state index contributed by atoms with van der Waals surface area (Å²) in [4.78, 5) is 21.5. The molecule has 194 valence electrons. The second-order valence-electron chi connectivity index (χ2n) is 11.0. The third kappa shape index (κ3) is 6.13. The van der Waals surface area contributed by atoms with Crippen molar-refractivity contribution in [3.05, 3.63) is 95.8 Å². The third-order valence-electron chi connectivity index (χ3n) is 7.10. The fourth-order valence-corrected chi connectivity index (χ4v) is 5.29. The number of hydrogen-bond donors (Lipinski definition) is 0. The fraction of sp³-hybridized carbons (Fsp3) is 0.419. The van der Waals surface area contributed by atoms with Gasteiger partial charge in [-0.15, -0.1) is 0 Å². The van der Waals surface area contributed by atoms with Crippen molar-refractivity contribution in [2.45, 2.75) is 57.3 Å². The van der Waals surface area contributed by atoms with E-state index in [1.807, 2.05) is 44.0 Å². The van der Waals surface area contributed by atoms with E-state index in [2.05, 4.69) is 65.6 Å². The average Bonchev–Trinajstić information content (AvgIpc) is 2.88. The van der Waals surface area contributed by atoms with Crippen molar-refractivity contribution in [2.24, 2.45) is 0 Å².